The summed E-state index contributed by atoms with van der Waals surface area (Å²) in [5.41, 5.74) is 2.01. The zero-order chi connectivity index (χ0) is 13.6. The lowest BCUT2D eigenvalue weighted by atomic mass is 9.80. The first-order chi connectivity index (χ1) is 9.82. The predicted molar refractivity (Wildman–Crippen MR) is 79.2 cm³/mol. The van der Waals surface area contributed by atoms with E-state index in [4.69, 9.17) is 9.05 Å². The van der Waals surface area contributed by atoms with E-state index < -0.39 is 14.1 Å². The van der Waals surface area contributed by atoms with Crippen LogP contribution in [0.4, 0.5) is 0 Å². The number of nitrogens with zero attached hydrogens (tertiary/aromatic N) is 1. The molecule has 0 radical (unpaired) electrons. The van der Waals surface area contributed by atoms with Crippen molar-refractivity contribution in [2.75, 3.05) is 13.7 Å². The first-order valence-corrected chi connectivity index (χ1v) is 7.91. The van der Waals surface area contributed by atoms with E-state index in [0.29, 0.717) is 0 Å². The van der Waals surface area contributed by atoms with Gasteiger partial charge in [0.05, 0.1) is 12.6 Å². The highest BCUT2D eigenvalue weighted by atomic mass is 31.2. The summed E-state index contributed by atoms with van der Waals surface area (Å²) in [5, 5.41) is 0. The summed E-state index contributed by atoms with van der Waals surface area (Å²) in [7, 11) is 1.16. The maximum absolute atomic E-state index is 6.40. The molecule has 2 aliphatic heterocycles. The van der Waals surface area contributed by atoms with Crippen molar-refractivity contribution in [3.8, 4) is 0 Å². The third-order valence-corrected chi connectivity index (χ3v) is 5.76. The Kier molecular flexibility index (Phi) is 2.90. The molecule has 4 rings (SSSR count). The molecular weight excluding hydrogens is 269 g/mol. The van der Waals surface area contributed by atoms with Crippen molar-refractivity contribution >= 4 is 8.53 Å². The van der Waals surface area contributed by atoms with E-state index >= 15 is 0 Å². The number of hydrogen-bond acceptors (Lipinski definition) is 3. The quantitative estimate of drug-likeness (QED) is 0.788. The van der Waals surface area contributed by atoms with Crippen molar-refractivity contribution in [1.29, 1.82) is 0 Å². The summed E-state index contributed by atoms with van der Waals surface area (Å²) >= 11 is 0. The zero-order valence-corrected chi connectivity index (χ0v) is 12.2. The molecule has 2 aliphatic rings. The molecule has 2 aromatic carbocycles. The topological polar surface area (TPSA) is 21.7 Å². The van der Waals surface area contributed by atoms with Crippen LogP contribution in [0.25, 0.3) is 0 Å². The second-order valence-corrected chi connectivity index (χ2v) is 6.73. The Labute approximate surface area is 120 Å². The lowest BCUT2D eigenvalue weighted by Gasteiger charge is -2.36. The molecule has 0 aliphatic carbocycles. The molecule has 2 aromatic rings. The van der Waals surface area contributed by atoms with Crippen LogP contribution in [0.2, 0.25) is 0 Å². The van der Waals surface area contributed by atoms with Gasteiger partial charge in [0, 0.05) is 0 Å². The average molecular weight is 285 g/mol. The minimum absolute atomic E-state index is 0.235. The molecule has 2 unspecified atom stereocenters. The lowest BCUT2D eigenvalue weighted by molar-refractivity contribution is 0.0472. The Morgan fingerprint density at radius 1 is 1.00 bits per heavy atom. The van der Waals surface area contributed by atoms with Gasteiger partial charge in [0.1, 0.15) is 5.60 Å². The van der Waals surface area contributed by atoms with Crippen LogP contribution in [0.3, 0.4) is 0 Å². The summed E-state index contributed by atoms with van der Waals surface area (Å²) in [6, 6.07) is 21.2. The van der Waals surface area contributed by atoms with E-state index in [-0.39, 0.29) is 6.04 Å². The molecule has 0 N–H and O–H groups in total. The summed E-state index contributed by atoms with van der Waals surface area (Å²) in [4.78, 5) is 0. The zero-order valence-electron chi connectivity index (χ0n) is 11.3. The maximum atomic E-state index is 6.40. The fraction of sp³-hybridized carbons (Fsp3) is 0.250. The van der Waals surface area contributed by atoms with Gasteiger partial charge in [-0.2, -0.15) is 0 Å². The predicted octanol–water partition coefficient (Wildman–Crippen LogP) is 3.52. The normalized spacial score (nSPS) is 27.9. The Morgan fingerprint density at radius 3 is 1.95 bits per heavy atom. The molecule has 2 fully saturated rings. The number of likely N-dealkylation sites (N-methyl/N-ethyl adjacent to an activating group) is 1. The summed E-state index contributed by atoms with van der Waals surface area (Å²) in [5.74, 6) is 0. The highest BCUT2D eigenvalue weighted by Crippen LogP contribution is 2.65. The summed E-state index contributed by atoms with van der Waals surface area (Å²) in [6.07, 6.45) is 0. The molecule has 4 heteroatoms. The van der Waals surface area contributed by atoms with Crippen LogP contribution in [-0.2, 0) is 14.6 Å². The van der Waals surface area contributed by atoms with Crippen LogP contribution in [0.1, 0.15) is 11.1 Å². The van der Waals surface area contributed by atoms with E-state index in [1.165, 1.54) is 11.1 Å². The van der Waals surface area contributed by atoms with Gasteiger partial charge in [-0.25, -0.2) is 4.67 Å². The van der Waals surface area contributed by atoms with Crippen molar-refractivity contribution in [2.45, 2.75) is 11.6 Å². The second kappa shape index (κ2) is 4.64. The van der Waals surface area contributed by atoms with Crippen molar-refractivity contribution in [3.63, 3.8) is 0 Å². The highest BCUT2D eigenvalue weighted by molar-refractivity contribution is 7.45. The molecule has 102 valence electrons. The number of benzene rings is 2. The molecule has 0 amide bonds. The minimum Gasteiger partial charge on any atom is -0.320 e. The van der Waals surface area contributed by atoms with Gasteiger partial charge in [0.25, 0.3) is 8.53 Å². The van der Waals surface area contributed by atoms with Crippen molar-refractivity contribution in [2.24, 2.45) is 0 Å². The van der Waals surface area contributed by atoms with E-state index in [9.17, 15) is 0 Å². The fourth-order valence-corrected chi connectivity index (χ4v) is 4.80. The van der Waals surface area contributed by atoms with Gasteiger partial charge in [-0.1, -0.05) is 60.7 Å². The van der Waals surface area contributed by atoms with Gasteiger partial charge in [-0.05, 0) is 18.2 Å². The third-order valence-electron chi connectivity index (χ3n) is 4.15. The molecule has 2 bridgehead atoms. The van der Waals surface area contributed by atoms with Crippen LogP contribution in [0.5, 0.6) is 0 Å². The number of hydrogen-bond donors (Lipinski definition) is 0. The lowest BCUT2D eigenvalue weighted by Crippen LogP contribution is -2.44. The van der Waals surface area contributed by atoms with E-state index in [1.54, 1.807) is 0 Å². The Bertz CT molecular complexity index is 565. The molecule has 0 spiro atoms. The van der Waals surface area contributed by atoms with Crippen molar-refractivity contribution in [1.82, 2.24) is 4.67 Å². The van der Waals surface area contributed by atoms with Gasteiger partial charge < -0.3 is 9.05 Å². The van der Waals surface area contributed by atoms with Crippen molar-refractivity contribution < 1.29 is 9.05 Å². The summed E-state index contributed by atoms with van der Waals surface area (Å²) < 4.78 is 14.4. The van der Waals surface area contributed by atoms with Gasteiger partial charge in [0.15, 0.2) is 0 Å². The first kappa shape index (κ1) is 12.5. The largest absolute Gasteiger partial charge is 0.320 e. The van der Waals surface area contributed by atoms with Gasteiger partial charge in [0.2, 0.25) is 0 Å². The van der Waals surface area contributed by atoms with E-state index in [1.807, 2.05) is 12.1 Å². The van der Waals surface area contributed by atoms with Gasteiger partial charge in [-0.3, -0.25) is 0 Å². The average Bonchev–Trinajstić information content (AvgIpc) is 3.03. The minimum atomic E-state index is -0.932. The monoisotopic (exact) mass is 285 g/mol. The molecule has 2 saturated heterocycles. The maximum Gasteiger partial charge on any atom is 0.260 e. The van der Waals surface area contributed by atoms with Crippen molar-refractivity contribution in [3.05, 3.63) is 71.8 Å². The van der Waals surface area contributed by atoms with Gasteiger partial charge in [-0.15, -0.1) is 0 Å². The third kappa shape index (κ3) is 1.61. The highest BCUT2D eigenvalue weighted by Gasteiger charge is 2.59. The van der Waals surface area contributed by atoms with Crippen LogP contribution in [0.15, 0.2) is 60.7 Å². The molecular formula is C16H16NO2P. The second-order valence-electron chi connectivity index (χ2n) is 5.18. The Morgan fingerprint density at radius 2 is 1.55 bits per heavy atom. The fourth-order valence-electron chi connectivity index (χ4n) is 3.13. The number of fused-ring (bicyclic) bond motifs is 2. The molecule has 3 nitrogen and oxygen atoms in total. The molecule has 0 saturated carbocycles. The van der Waals surface area contributed by atoms with E-state index in [0.717, 1.165) is 6.61 Å². The molecule has 2 heterocycles. The summed E-state index contributed by atoms with van der Waals surface area (Å²) in [6.45, 7) is 0.728. The molecule has 2 atom stereocenters. The Balaban J connectivity index is 1.91. The Hall–Kier alpha value is -1.25. The smallest absolute Gasteiger partial charge is 0.260 e. The SMILES string of the molecule is CN1C2COP1OC2(c1ccccc1)c1ccccc1. The van der Waals surface area contributed by atoms with Crippen LogP contribution in [0, 0.1) is 0 Å². The molecule has 0 aromatic heterocycles. The van der Waals surface area contributed by atoms with E-state index in [2.05, 4.69) is 60.2 Å². The standard InChI is InChI=1S/C16H16NO2P/c1-17-15-12-18-20(17)19-16(15,13-8-4-2-5-9-13)14-10-6-3-7-11-14/h2-11,15H,12H2,1H3. The van der Waals surface area contributed by atoms with Gasteiger partial charge >= 0.3 is 0 Å². The van der Waals surface area contributed by atoms with Crippen LogP contribution in [-0.4, -0.2) is 24.4 Å². The molecule has 20 heavy (non-hydrogen) atoms. The first-order valence-electron chi connectivity index (χ1n) is 6.78. The number of rotatable bonds is 2. The van der Waals surface area contributed by atoms with Crippen LogP contribution >= 0.6 is 8.53 Å². The van der Waals surface area contributed by atoms with Crippen LogP contribution < -0.4 is 0 Å².